The first-order valence-corrected chi connectivity index (χ1v) is 13.5. The molecule has 2 N–H and O–H groups in total. The number of hydrogen-bond acceptors (Lipinski definition) is 9. The van der Waals surface area contributed by atoms with Crippen molar-refractivity contribution in [1.29, 1.82) is 0 Å². The molecule has 0 radical (unpaired) electrons. The Labute approximate surface area is 214 Å². The van der Waals surface area contributed by atoms with E-state index in [0.29, 0.717) is 0 Å². The van der Waals surface area contributed by atoms with Crippen molar-refractivity contribution >= 4 is 33.8 Å². The lowest BCUT2D eigenvalue weighted by molar-refractivity contribution is -0.156. The molecule has 0 unspecified atom stereocenters. The first kappa shape index (κ1) is 33.4. The normalized spacial score (nSPS) is 14.5. The van der Waals surface area contributed by atoms with Gasteiger partial charge < -0.3 is 24.8 Å². The summed E-state index contributed by atoms with van der Waals surface area (Å²) in [5, 5.41) is 5.81. The molecule has 0 aromatic carbocycles. The minimum Gasteiger partial charge on any atom is -0.460 e. The summed E-state index contributed by atoms with van der Waals surface area (Å²) in [7, 11) is -3.56. The third-order valence-corrected chi connectivity index (χ3v) is 4.41. The van der Waals surface area contributed by atoms with Gasteiger partial charge in [0.1, 0.15) is 22.8 Å². The zero-order valence-electron chi connectivity index (χ0n) is 23.0. The molecule has 0 rings (SSSR count). The molecule has 2 atom stereocenters. The van der Waals surface area contributed by atoms with Gasteiger partial charge in [0.2, 0.25) is 5.91 Å². The van der Waals surface area contributed by atoms with Gasteiger partial charge in [-0.25, -0.2) is 13.2 Å². The van der Waals surface area contributed by atoms with Crippen LogP contribution in [0.25, 0.3) is 0 Å². The maximum Gasteiger partial charge on any atom is 0.408 e. The third kappa shape index (κ3) is 18.7. The van der Waals surface area contributed by atoms with E-state index in [0.717, 1.165) is 17.7 Å². The van der Waals surface area contributed by atoms with Crippen LogP contribution in [0.5, 0.6) is 0 Å². The Hall–Kier alpha value is -2.63. The second-order valence-corrected chi connectivity index (χ2v) is 13.3. The summed E-state index contributed by atoms with van der Waals surface area (Å²) in [6, 6.07) is -2.30. The molecule has 0 saturated carbocycles. The molecule has 0 aromatic heterocycles. The van der Waals surface area contributed by atoms with Crippen molar-refractivity contribution in [2.75, 3.05) is 6.26 Å². The second-order valence-electron chi connectivity index (χ2n) is 11.4. The van der Waals surface area contributed by atoms with Crippen LogP contribution in [0.15, 0.2) is 11.5 Å². The Balaban J connectivity index is 5.73. The van der Waals surface area contributed by atoms with Gasteiger partial charge in [0.25, 0.3) is 0 Å². The molecule has 12 heteroatoms. The highest BCUT2D eigenvalue weighted by Crippen LogP contribution is 2.13. The summed E-state index contributed by atoms with van der Waals surface area (Å²) < 4.78 is 38.9. The van der Waals surface area contributed by atoms with E-state index in [1.165, 1.54) is 0 Å². The summed E-state index contributed by atoms with van der Waals surface area (Å²) >= 11 is 0. The number of carbonyl (C=O) groups is 4. The van der Waals surface area contributed by atoms with Crippen LogP contribution in [0.4, 0.5) is 4.79 Å². The number of hydrogen-bond donors (Lipinski definition) is 2. The molecule has 0 aromatic rings. The Kier molecular flexibility index (Phi) is 12.1. The van der Waals surface area contributed by atoms with E-state index in [1.807, 2.05) is 0 Å². The largest absolute Gasteiger partial charge is 0.460 e. The minimum atomic E-state index is -3.56. The third-order valence-electron chi connectivity index (χ3n) is 3.76. The monoisotopic (exact) mass is 534 g/mol. The van der Waals surface area contributed by atoms with Crippen LogP contribution in [0.3, 0.4) is 0 Å². The van der Waals surface area contributed by atoms with Crippen LogP contribution in [-0.2, 0) is 38.4 Å². The summed E-state index contributed by atoms with van der Waals surface area (Å²) in [5.74, 6) is -2.00. The number of carbonyl (C=O) groups excluding carboxylic acids is 4. The molecule has 0 aliphatic rings. The molecule has 0 heterocycles. The molecule has 0 aliphatic heterocycles. The highest BCUT2D eigenvalue weighted by atomic mass is 32.2. The lowest BCUT2D eigenvalue weighted by Crippen LogP contribution is -2.51. The van der Waals surface area contributed by atoms with Crippen molar-refractivity contribution in [3.8, 4) is 0 Å². The molecule has 0 bridgehead atoms. The van der Waals surface area contributed by atoms with Crippen molar-refractivity contribution in [1.82, 2.24) is 10.6 Å². The van der Waals surface area contributed by atoms with Crippen molar-refractivity contribution in [2.24, 2.45) is 0 Å². The van der Waals surface area contributed by atoms with Gasteiger partial charge in [-0.05, 0) is 68.7 Å². The Morgan fingerprint density at radius 3 is 1.69 bits per heavy atom. The fourth-order valence-corrected chi connectivity index (χ4v) is 3.10. The van der Waals surface area contributed by atoms with Gasteiger partial charge in [-0.2, -0.15) is 0 Å². The zero-order chi connectivity index (χ0) is 28.5. The summed E-state index contributed by atoms with van der Waals surface area (Å²) in [4.78, 5) is 49.9. The molecule has 0 aliphatic carbocycles. The predicted octanol–water partition coefficient (Wildman–Crippen LogP) is 2.78. The van der Waals surface area contributed by atoms with E-state index < -0.39 is 62.7 Å². The first-order valence-electron chi connectivity index (χ1n) is 11.6. The second kappa shape index (κ2) is 13.1. The molecule has 0 saturated heterocycles. The van der Waals surface area contributed by atoms with E-state index in [9.17, 15) is 27.6 Å². The highest BCUT2D eigenvalue weighted by molar-refractivity contribution is 7.93. The van der Waals surface area contributed by atoms with Gasteiger partial charge in [0.05, 0.1) is 12.5 Å². The van der Waals surface area contributed by atoms with Crippen molar-refractivity contribution < 1.29 is 41.8 Å². The molecule has 208 valence electrons. The first-order chi connectivity index (χ1) is 16.0. The molecular formula is C24H42N2O9S. The Bertz CT molecular complexity index is 921. The molecular weight excluding hydrogens is 492 g/mol. The number of sulfone groups is 1. The average Bonchev–Trinajstić information content (AvgIpc) is 2.57. The van der Waals surface area contributed by atoms with Gasteiger partial charge in [-0.3, -0.25) is 14.4 Å². The number of ether oxygens (including phenoxy) is 3. The molecule has 36 heavy (non-hydrogen) atoms. The van der Waals surface area contributed by atoms with Crippen LogP contribution in [0.1, 0.15) is 81.6 Å². The molecule has 0 fully saturated rings. The van der Waals surface area contributed by atoms with Gasteiger partial charge in [0.15, 0.2) is 9.84 Å². The summed E-state index contributed by atoms with van der Waals surface area (Å²) in [6.45, 7) is 15.0. The van der Waals surface area contributed by atoms with E-state index in [-0.39, 0.29) is 19.3 Å². The topological polar surface area (TPSA) is 154 Å². The summed E-state index contributed by atoms with van der Waals surface area (Å²) in [6.07, 6.45) is 0.539. The minimum absolute atomic E-state index is 0.130. The summed E-state index contributed by atoms with van der Waals surface area (Å²) in [5.41, 5.74) is -2.36. The number of amides is 2. The maximum absolute atomic E-state index is 13.1. The Morgan fingerprint density at radius 1 is 0.778 bits per heavy atom. The number of rotatable bonds is 10. The van der Waals surface area contributed by atoms with Gasteiger partial charge in [0, 0.05) is 18.1 Å². The lowest BCUT2D eigenvalue weighted by atomic mass is 10.1. The average molecular weight is 535 g/mol. The number of alkyl carbamates (subject to hydrolysis) is 1. The quantitative estimate of drug-likeness (QED) is 0.318. The molecule has 0 spiro atoms. The SMILES string of the molecule is CC(C)(C)OC(=O)CC[C@H](NC(=O)OC(C)(C)C)C(=O)N[C@H](/C=C/S(C)(=O)=O)CC(=O)OC(C)(C)C. The van der Waals surface area contributed by atoms with Gasteiger partial charge in [-0.15, -0.1) is 0 Å². The van der Waals surface area contributed by atoms with Gasteiger partial charge >= 0.3 is 18.0 Å². The predicted molar refractivity (Wildman–Crippen MR) is 135 cm³/mol. The number of nitrogens with one attached hydrogen (secondary N) is 2. The smallest absolute Gasteiger partial charge is 0.408 e. The zero-order valence-corrected chi connectivity index (χ0v) is 23.8. The van der Waals surface area contributed by atoms with Crippen molar-refractivity contribution in [3.63, 3.8) is 0 Å². The van der Waals surface area contributed by atoms with E-state index in [4.69, 9.17) is 14.2 Å². The fourth-order valence-electron chi connectivity index (χ4n) is 2.62. The van der Waals surface area contributed by atoms with E-state index >= 15 is 0 Å². The van der Waals surface area contributed by atoms with Crippen molar-refractivity contribution in [2.45, 2.75) is 110 Å². The lowest BCUT2D eigenvalue weighted by Gasteiger charge is -2.25. The van der Waals surface area contributed by atoms with E-state index in [2.05, 4.69) is 10.6 Å². The van der Waals surface area contributed by atoms with Crippen molar-refractivity contribution in [3.05, 3.63) is 11.5 Å². The fraction of sp³-hybridized carbons (Fsp3) is 0.750. The number of esters is 2. The van der Waals surface area contributed by atoms with Crippen LogP contribution in [0, 0.1) is 0 Å². The van der Waals surface area contributed by atoms with Crippen LogP contribution in [0.2, 0.25) is 0 Å². The van der Waals surface area contributed by atoms with Gasteiger partial charge in [-0.1, -0.05) is 6.08 Å². The molecule has 2 amide bonds. The van der Waals surface area contributed by atoms with Crippen LogP contribution in [-0.4, -0.2) is 67.5 Å². The van der Waals surface area contributed by atoms with Crippen LogP contribution < -0.4 is 10.6 Å². The van der Waals surface area contributed by atoms with E-state index in [1.54, 1.807) is 62.3 Å². The standard InChI is InChI=1S/C24H42N2O9S/c1-22(2,3)33-18(27)12-11-17(26-21(30)35-24(7,8)9)20(29)25-16(13-14-36(10,31)32)15-19(28)34-23(4,5)6/h13-14,16-17H,11-12,15H2,1-10H3,(H,25,29)(H,26,30)/b14-13+/t16-,17+/m1/s1. The highest BCUT2D eigenvalue weighted by Gasteiger charge is 2.28. The molecule has 11 nitrogen and oxygen atoms in total. The Morgan fingerprint density at radius 2 is 1.25 bits per heavy atom. The van der Waals surface area contributed by atoms with Crippen LogP contribution >= 0.6 is 0 Å². The maximum atomic E-state index is 13.1.